The van der Waals surface area contributed by atoms with Crippen LogP contribution in [0.5, 0.6) is 0 Å². The molecule has 0 spiro atoms. The van der Waals surface area contributed by atoms with Gasteiger partial charge in [-0.25, -0.2) is 15.4 Å². The Morgan fingerprint density at radius 3 is 2.44 bits per heavy atom. The number of nitrogens with one attached hydrogen (secondary N) is 1. The molecule has 1 aliphatic carbocycles. The number of hydrazone groups is 1. The van der Waals surface area contributed by atoms with E-state index in [1.165, 1.54) is 29.9 Å². The first-order valence-electron chi connectivity index (χ1n) is 10.8. The number of hydrogen-bond acceptors (Lipinski definition) is 7. The second-order valence-electron chi connectivity index (χ2n) is 9.58. The predicted molar refractivity (Wildman–Crippen MR) is 122 cm³/mol. The lowest BCUT2D eigenvalue weighted by atomic mass is 9.96. The van der Waals surface area contributed by atoms with Gasteiger partial charge in [-0.1, -0.05) is 27.7 Å². The van der Waals surface area contributed by atoms with Crippen molar-refractivity contribution in [2.24, 2.45) is 27.6 Å². The standard InChI is InChI=1S/C22H29N7O2S/c1-21(2)16(22(21,3)4)20(31)29-9-5-13(6-10-29)19-26-15(12-32-19)18(30)28-27-17(23)14-11-24-7-8-25-14/h7-8,11-13,16H,5-6,9-10H2,1-4H3,(H2,23,27)(H,28,30). The Kier molecular flexibility index (Phi) is 5.74. The number of amides is 2. The van der Waals surface area contributed by atoms with Gasteiger partial charge in [0, 0.05) is 42.7 Å². The molecule has 0 bridgehead atoms. The summed E-state index contributed by atoms with van der Waals surface area (Å²) in [5.41, 5.74) is 9.03. The summed E-state index contributed by atoms with van der Waals surface area (Å²) < 4.78 is 0. The molecule has 3 heterocycles. The molecule has 170 valence electrons. The van der Waals surface area contributed by atoms with Crippen LogP contribution in [-0.4, -0.2) is 50.6 Å². The van der Waals surface area contributed by atoms with E-state index in [0.717, 1.165) is 30.9 Å². The van der Waals surface area contributed by atoms with E-state index in [1.807, 2.05) is 4.90 Å². The summed E-state index contributed by atoms with van der Waals surface area (Å²) in [6, 6.07) is 0. The number of rotatable bonds is 5. The van der Waals surface area contributed by atoms with Gasteiger partial charge in [0.05, 0.1) is 11.2 Å². The zero-order valence-electron chi connectivity index (χ0n) is 18.8. The van der Waals surface area contributed by atoms with Crippen molar-refractivity contribution in [2.45, 2.75) is 46.5 Å². The number of nitrogens with zero attached hydrogens (tertiary/aromatic N) is 5. The third-order valence-electron chi connectivity index (χ3n) is 7.28. The number of likely N-dealkylation sites (tertiary alicyclic amines) is 1. The highest BCUT2D eigenvalue weighted by Gasteiger charge is 2.68. The van der Waals surface area contributed by atoms with Crippen molar-refractivity contribution in [2.75, 3.05) is 13.1 Å². The number of thiazole rings is 1. The maximum Gasteiger partial charge on any atom is 0.290 e. The molecule has 9 nitrogen and oxygen atoms in total. The highest BCUT2D eigenvalue weighted by Crippen LogP contribution is 2.68. The number of aromatic nitrogens is 3. The van der Waals surface area contributed by atoms with E-state index in [1.54, 1.807) is 5.38 Å². The highest BCUT2D eigenvalue weighted by molar-refractivity contribution is 7.09. The third-order valence-corrected chi connectivity index (χ3v) is 8.29. The predicted octanol–water partition coefficient (Wildman–Crippen LogP) is 2.37. The van der Waals surface area contributed by atoms with Gasteiger partial charge in [-0.3, -0.25) is 14.6 Å². The van der Waals surface area contributed by atoms with E-state index in [-0.39, 0.29) is 34.4 Å². The fourth-order valence-electron chi connectivity index (χ4n) is 4.58. The second kappa shape index (κ2) is 8.23. The number of hydrogen-bond donors (Lipinski definition) is 2. The van der Waals surface area contributed by atoms with E-state index in [0.29, 0.717) is 11.4 Å². The van der Waals surface area contributed by atoms with E-state index in [2.05, 4.69) is 53.2 Å². The van der Waals surface area contributed by atoms with Crippen LogP contribution in [0.1, 0.15) is 67.6 Å². The van der Waals surface area contributed by atoms with Crippen LogP contribution in [0.15, 0.2) is 29.1 Å². The largest absolute Gasteiger partial charge is 0.380 e. The fourth-order valence-corrected chi connectivity index (χ4v) is 5.55. The molecule has 4 rings (SSSR count). The van der Waals surface area contributed by atoms with Crippen molar-refractivity contribution in [3.63, 3.8) is 0 Å². The minimum absolute atomic E-state index is 0.0530. The van der Waals surface area contributed by atoms with Crippen molar-refractivity contribution >= 4 is 29.0 Å². The Hall–Kier alpha value is -2.88. The number of amidine groups is 1. The molecule has 1 saturated heterocycles. The lowest BCUT2D eigenvalue weighted by molar-refractivity contribution is -0.134. The third kappa shape index (κ3) is 3.99. The SMILES string of the molecule is CC1(C)C(C(=O)N2CCC(c3nc(C(=O)N/N=C(/N)c4cnccn4)cs3)CC2)C1(C)C. The maximum absolute atomic E-state index is 13.0. The first-order chi connectivity index (χ1) is 15.1. The smallest absolute Gasteiger partial charge is 0.290 e. The molecule has 1 saturated carbocycles. The molecule has 10 heteroatoms. The molecule has 1 aliphatic heterocycles. The molecule has 2 amide bonds. The molecule has 0 unspecified atom stereocenters. The van der Waals surface area contributed by atoms with Crippen molar-refractivity contribution in [3.05, 3.63) is 40.4 Å². The first kappa shape index (κ1) is 22.3. The van der Waals surface area contributed by atoms with Gasteiger partial charge in [-0.05, 0) is 23.7 Å². The average Bonchev–Trinajstić information content (AvgIpc) is 3.11. The zero-order valence-corrected chi connectivity index (χ0v) is 19.6. The summed E-state index contributed by atoms with van der Waals surface area (Å²) in [6.45, 7) is 10.2. The summed E-state index contributed by atoms with van der Waals surface area (Å²) >= 11 is 1.47. The van der Waals surface area contributed by atoms with E-state index >= 15 is 0 Å². The normalized spacial score (nSPS) is 20.8. The van der Waals surface area contributed by atoms with Crippen LogP contribution in [0.25, 0.3) is 0 Å². The quantitative estimate of drug-likeness (QED) is 0.405. The van der Waals surface area contributed by atoms with Gasteiger partial charge in [-0.2, -0.15) is 5.10 Å². The van der Waals surface area contributed by atoms with E-state index in [9.17, 15) is 9.59 Å². The van der Waals surface area contributed by atoms with Crippen molar-refractivity contribution in [3.8, 4) is 0 Å². The highest BCUT2D eigenvalue weighted by atomic mass is 32.1. The number of piperidine rings is 1. The molecule has 32 heavy (non-hydrogen) atoms. The maximum atomic E-state index is 13.0. The molecule has 3 N–H and O–H groups in total. The molecule has 2 aromatic heterocycles. The monoisotopic (exact) mass is 455 g/mol. The van der Waals surface area contributed by atoms with Crippen LogP contribution in [0.3, 0.4) is 0 Å². The second-order valence-corrected chi connectivity index (χ2v) is 10.5. The van der Waals surface area contributed by atoms with Crippen LogP contribution in [0, 0.1) is 16.7 Å². The van der Waals surface area contributed by atoms with E-state index < -0.39 is 5.91 Å². The van der Waals surface area contributed by atoms with Gasteiger partial charge in [0.1, 0.15) is 11.4 Å². The Morgan fingerprint density at radius 1 is 1.16 bits per heavy atom. The molecule has 2 fully saturated rings. The lowest BCUT2D eigenvalue weighted by Gasteiger charge is -2.31. The van der Waals surface area contributed by atoms with Crippen molar-refractivity contribution in [1.29, 1.82) is 0 Å². The molecular weight excluding hydrogens is 426 g/mol. The molecule has 0 aromatic carbocycles. The fraction of sp³-hybridized carbons (Fsp3) is 0.545. The van der Waals surface area contributed by atoms with Gasteiger partial charge < -0.3 is 10.6 Å². The average molecular weight is 456 g/mol. The van der Waals surface area contributed by atoms with Crippen LogP contribution in [-0.2, 0) is 4.79 Å². The number of carbonyl (C=O) groups excluding carboxylic acids is 2. The summed E-state index contributed by atoms with van der Waals surface area (Å²) in [5.74, 6) is 0.262. The van der Waals surface area contributed by atoms with Crippen LogP contribution in [0.4, 0.5) is 0 Å². The molecule has 2 aromatic rings. The van der Waals surface area contributed by atoms with Crippen LogP contribution in [0.2, 0.25) is 0 Å². The summed E-state index contributed by atoms with van der Waals surface area (Å²) in [4.78, 5) is 39.9. The van der Waals surface area contributed by atoms with Gasteiger partial charge in [0.2, 0.25) is 5.91 Å². The molecule has 0 radical (unpaired) electrons. The Morgan fingerprint density at radius 2 is 1.84 bits per heavy atom. The van der Waals surface area contributed by atoms with E-state index in [4.69, 9.17) is 5.73 Å². The van der Waals surface area contributed by atoms with Gasteiger partial charge in [0.15, 0.2) is 5.84 Å². The van der Waals surface area contributed by atoms with Crippen LogP contribution >= 0.6 is 11.3 Å². The Balaban J connectivity index is 1.32. The minimum Gasteiger partial charge on any atom is -0.380 e. The summed E-state index contributed by atoms with van der Waals surface area (Å²) in [7, 11) is 0. The Bertz CT molecular complexity index is 1030. The summed E-state index contributed by atoms with van der Waals surface area (Å²) in [6.07, 6.45) is 6.20. The van der Waals surface area contributed by atoms with Gasteiger partial charge in [0.25, 0.3) is 5.91 Å². The Labute approximate surface area is 191 Å². The van der Waals surface area contributed by atoms with Gasteiger partial charge >= 0.3 is 0 Å². The first-order valence-corrected chi connectivity index (χ1v) is 11.6. The zero-order chi connectivity index (χ0) is 23.1. The minimum atomic E-state index is -0.426. The lowest BCUT2D eigenvalue weighted by Crippen LogP contribution is -2.39. The van der Waals surface area contributed by atoms with Crippen molar-refractivity contribution in [1.82, 2.24) is 25.3 Å². The number of carbonyl (C=O) groups is 2. The molecule has 2 aliphatic rings. The molecule has 0 atom stereocenters. The topological polar surface area (TPSA) is 126 Å². The summed E-state index contributed by atoms with van der Waals surface area (Å²) in [5, 5.41) is 6.52. The van der Waals surface area contributed by atoms with Gasteiger partial charge in [-0.15, -0.1) is 11.3 Å². The van der Waals surface area contributed by atoms with Crippen molar-refractivity contribution < 1.29 is 9.59 Å². The van der Waals surface area contributed by atoms with Crippen LogP contribution < -0.4 is 11.2 Å². The number of nitrogens with two attached hydrogens (primary N) is 1. The molecular formula is C22H29N7O2S.